The average molecular weight is 1220 g/mol. The molecule has 1 N–H and O–H groups in total. The summed E-state index contributed by atoms with van der Waals surface area (Å²) in [5.74, 6) is 6.95. The predicted molar refractivity (Wildman–Crippen MR) is 398 cm³/mol. The second-order valence-electron chi connectivity index (χ2n) is 30.7. The van der Waals surface area contributed by atoms with E-state index >= 15 is 0 Å². The molecular formula is C79H167N7. The number of piperidine rings is 2. The zero-order chi connectivity index (χ0) is 65.9. The Kier molecular flexibility index (Phi) is 69.2. The Bertz CT molecular complexity index is 1340. The maximum Gasteiger partial charge on any atom is 0.0363 e. The summed E-state index contributed by atoms with van der Waals surface area (Å²) in [6.45, 7) is 65.0. The molecule has 1 aromatic rings. The standard InChI is InChI=1S/C13H21N.C12H27N.2C11H23N.C10H21N.C8H19N.C7H17N.C7H16/c1-12(2)8-7-11-14(3)13-9-5-4-6-10-13;1-10(2)8-7-9-13(11(3)4)12(5)6;2*1-11(2)7-6-10-12-8-4-3-5-9-12;1-10(2)6-5-9-11-7-3-4-8-11;1-8(2)6-5-7-9(3)4;1-7(2)5-4-6-8-3;1-4-5-6-7(2)3/h4-6,9-10,12H,7-8,11H2,1-3H3;10-12H,7-9H2,1-6H3;2*11H,3-10H2,1-2H3;10H,3-9H2,1-2H3;8H,5-7H2,1-4H3;7-8H,4-6H2,1-3H3;7H,4-6H2,1-3H3. The van der Waals surface area contributed by atoms with E-state index in [1.54, 1.807) is 0 Å². The fourth-order valence-electron chi connectivity index (χ4n) is 11.0. The van der Waals surface area contributed by atoms with Gasteiger partial charge in [-0.2, -0.15) is 0 Å². The van der Waals surface area contributed by atoms with Crippen molar-refractivity contribution in [3.05, 3.63) is 30.3 Å². The van der Waals surface area contributed by atoms with Crippen molar-refractivity contribution < 1.29 is 0 Å². The first-order valence-electron chi connectivity index (χ1n) is 37.7. The van der Waals surface area contributed by atoms with E-state index in [0.717, 1.165) is 60.4 Å². The quantitative estimate of drug-likeness (QED) is 0.0688. The SMILES string of the molecule is CC(C)CCCN(C(C)C)C(C)C.CC(C)CCCN(C)C.CC(C)CCCN(C)c1ccccc1.CC(C)CCCN1CCCC1.CC(C)CCCN1CCCCC1.CC(C)CCCN1CCCCC1.CCCCC(C)C.CNCCCC(C)C. The molecule has 0 aliphatic carbocycles. The van der Waals surface area contributed by atoms with Gasteiger partial charge >= 0.3 is 0 Å². The summed E-state index contributed by atoms with van der Waals surface area (Å²) in [6, 6.07) is 11.9. The average Bonchev–Trinajstić information content (AvgIpc) is 3.97. The van der Waals surface area contributed by atoms with Crippen LogP contribution in [0.1, 0.15) is 306 Å². The molecular weight excluding hydrogens is 1050 g/mol. The van der Waals surface area contributed by atoms with E-state index in [4.69, 9.17) is 0 Å². The van der Waals surface area contributed by atoms with Gasteiger partial charge in [-0.3, -0.25) is 4.90 Å². The molecule has 0 unspecified atom stereocenters. The zero-order valence-electron chi connectivity index (χ0n) is 64.2. The van der Waals surface area contributed by atoms with Gasteiger partial charge in [0.2, 0.25) is 0 Å². The Morgan fingerprint density at radius 1 is 0.360 bits per heavy atom. The zero-order valence-corrected chi connectivity index (χ0v) is 64.2. The topological polar surface area (TPSA) is 31.5 Å². The van der Waals surface area contributed by atoms with Crippen molar-refractivity contribution in [1.29, 1.82) is 0 Å². The maximum absolute atomic E-state index is 3.12. The van der Waals surface area contributed by atoms with Gasteiger partial charge in [-0.1, -0.05) is 168 Å². The van der Waals surface area contributed by atoms with Crippen LogP contribution < -0.4 is 10.2 Å². The van der Waals surface area contributed by atoms with Crippen molar-refractivity contribution in [3.63, 3.8) is 0 Å². The molecule has 518 valence electrons. The molecule has 0 saturated carbocycles. The fourth-order valence-corrected chi connectivity index (χ4v) is 11.0. The molecule has 3 saturated heterocycles. The number of benzene rings is 1. The van der Waals surface area contributed by atoms with Crippen molar-refractivity contribution in [3.8, 4) is 0 Å². The molecule has 3 fully saturated rings. The van der Waals surface area contributed by atoms with Gasteiger partial charge in [-0.15, -0.1) is 0 Å². The molecule has 0 atom stereocenters. The van der Waals surface area contributed by atoms with E-state index in [1.807, 2.05) is 7.05 Å². The van der Waals surface area contributed by atoms with Gasteiger partial charge in [-0.25, -0.2) is 0 Å². The lowest BCUT2D eigenvalue weighted by molar-refractivity contribution is 0.169. The molecule has 7 heteroatoms. The highest BCUT2D eigenvalue weighted by atomic mass is 15.2. The predicted octanol–water partition coefficient (Wildman–Crippen LogP) is 21.9. The number of nitrogens with zero attached hydrogens (tertiary/aromatic N) is 6. The molecule has 3 aliphatic rings. The van der Waals surface area contributed by atoms with Crippen molar-refractivity contribution in [1.82, 2.24) is 29.8 Å². The van der Waals surface area contributed by atoms with Gasteiger partial charge in [0.05, 0.1) is 0 Å². The first-order valence-corrected chi connectivity index (χ1v) is 37.7. The molecule has 3 aliphatic heterocycles. The normalized spacial score (nSPS) is 14.8. The number of hydrogen-bond donors (Lipinski definition) is 1. The Morgan fingerprint density at radius 2 is 0.651 bits per heavy atom. The lowest BCUT2D eigenvalue weighted by atomic mass is 10.1. The van der Waals surface area contributed by atoms with E-state index in [2.05, 4.69) is 232 Å². The molecule has 0 aromatic heterocycles. The van der Waals surface area contributed by atoms with Crippen LogP contribution >= 0.6 is 0 Å². The summed E-state index contributed by atoms with van der Waals surface area (Å²) in [5, 5.41) is 3.12. The lowest BCUT2D eigenvalue weighted by Gasteiger charge is -2.30. The van der Waals surface area contributed by atoms with Crippen LogP contribution in [-0.2, 0) is 0 Å². The highest BCUT2D eigenvalue weighted by Crippen LogP contribution is 2.16. The third-order valence-corrected chi connectivity index (χ3v) is 16.6. The van der Waals surface area contributed by atoms with Crippen LogP contribution in [0.5, 0.6) is 0 Å². The van der Waals surface area contributed by atoms with Gasteiger partial charge in [0.25, 0.3) is 0 Å². The molecule has 0 amide bonds. The van der Waals surface area contributed by atoms with E-state index in [-0.39, 0.29) is 0 Å². The van der Waals surface area contributed by atoms with Crippen LogP contribution in [0.2, 0.25) is 0 Å². The minimum atomic E-state index is 0.687. The fraction of sp³-hybridized carbons (Fsp3) is 0.924. The molecule has 86 heavy (non-hydrogen) atoms. The van der Waals surface area contributed by atoms with Crippen LogP contribution in [0.3, 0.4) is 0 Å². The van der Waals surface area contributed by atoms with Crippen molar-refractivity contribution in [2.45, 2.75) is 318 Å². The molecule has 4 rings (SSSR count). The summed E-state index contributed by atoms with van der Waals surface area (Å²) in [7, 11) is 8.41. The second-order valence-corrected chi connectivity index (χ2v) is 30.7. The summed E-state index contributed by atoms with van der Waals surface area (Å²) in [6.07, 6.45) is 34.7. The Balaban J connectivity index is -0.000000451. The summed E-state index contributed by atoms with van der Waals surface area (Å²) < 4.78 is 0. The molecule has 3 heterocycles. The minimum absolute atomic E-state index is 0.687. The molecule has 1 aromatic carbocycles. The molecule has 0 bridgehead atoms. The van der Waals surface area contributed by atoms with E-state index in [1.165, 1.54) is 238 Å². The summed E-state index contributed by atoms with van der Waals surface area (Å²) in [5.41, 5.74) is 1.32. The number of anilines is 1. The smallest absolute Gasteiger partial charge is 0.0363 e. The van der Waals surface area contributed by atoms with Crippen molar-refractivity contribution in [2.75, 3.05) is 118 Å². The maximum atomic E-state index is 3.12. The van der Waals surface area contributed by atoms with Crippen LogP contribution in [0.15, 0.2) is 30.3 Å². The van der Waals surface area contributed by atoms with Crippen LogP contribution in [0, 0.1) is 47.3 Å². The highest BCUT2D eigenvalue weighted by Gasteiger charge is 2.14. The molecule has 0 radical (unpaired) electrons. The van der Waals surface area contributed by atoms with E-state index in [9.17, 15) is 0 Å². The number of hydrogen-bond acceptors (Lipinski definition) is 7. The molecule has 0 spiro atoms. The van der Waals surface area contributed by atoms with Crippen molar-refractivity contribution in [2.24, 2.45) is 47.3 Å². The third kappa shape index (κ3) is 73.5. The van der Waals surface area contributed by atoms with E-state index in [0.29, 0.717) is 12.1 Å². The monoisotopic (exact) mass is 1210 g/mol. The van der Waals surface area contributed by atoms with Gasteiger partial charge in [0, 0.05) is 31.4 Å². The highest BCUT2D eigenvalue weighted by molar-refractivity contribution is 5.44. The van der Waals surface area contributed by atoms with Crippen LogP contribution in [-0.4, -0.2) is 150 Å². The first kappa shape index (κ1) is 91.2. The number of nitrogens with one attached hydrogen (secondary N) is 1. The Morgan fingerprint density at radius 3 is 0.942 bits per heavy atom. The Labute approximate surface area is 546 Å². The minimum Gasteiger partial charge on any atom is -0.375 e. The lowest BCUT2D eigenvalue weighted by Crippen LogP contribution is -2.37. The van der Waals surface area contributed by atoms with Gasteiger partial charge in [0.15, 0.2) is 0 Å². The number of likely N-dealkylation sites (tertiary alicyclic amines) is 3. The van der Waals surface area contributed by atoms with Gasteiger partial charge in [-0.05, 0) is 315 Å². The number of para-hydroxylation sites is 1. The summed E-state index contributed by atoms with van der Waals surface area (Å²) >= 11 is 0. The van der Waals surface area contributed by atoms with Gasteiger partial charge < -0.3 is 29.8 Å². The summed E-state index contributed by atoms with van der Waals surface area (Å²) in [4.78, 5) is 15.0. The number of rotatable bonds is 34. The first-order chi connectivity index (χ1) is 40.7. The molecule has 7 nitrogen and oxygen atoms in total. The van der Waals surface area contributed by atoms with Crippen LogP contribution in [0.25, 0.3) is 0 Å². The largest absolute Gasteiger partial charge is 0.375 e. The van der Waals surface area contributed by atoms with Gasteiger partial charge in [0.1, 0.15) is 0 Å². The second kappa shape index (κ2) is 65.3. The number of unbranched alkanes of at least 4 members (excludes halogenated alkanes) is 1. The van der Waals surface area contributed by atoms with Crippen molar-refractivity contribution >= 4 is 5.69 Å². The third-order valence-electron chi connectivity index (χ3n) is 16.6. The Hall–Kier alpha value is -1.22. The van der Waals surface area contributed by atoms with E-state index < -0.39 is 0 Å². The van der Waals surface area contributed by atoms with Crippen LogP contribution in [0.4, 0.5) is 5.69 Å².